The molecule has 1 aromatic carbocycles. The Hall–Kier alpha value is -1.29. The minimum atomic E-state index is -4.30. The highest BCUT2D eigenvalue weighted by molar-refractivity contribution is 5.15. The van der Waals surface area contributed by atoms with E-state index in [9.17, 15) is 13.2 Å². The predicted octanol–water partition coefficient (Wildman–Crippen LogP) is 3.92. The average molecular weight is 257 g/mol. The van der Waals surface area contributed by atoms with Crippen LogP contribution in [0.1, 0.15) is 19.4 Å². The lowest BCUT2D eigenvalue weighted by Crippen LogP contribution is -2.50. The Bertz CT molecular complexity index is 382. The van der Waals surface area contributed by atoms with Crippen LogP contribution in [0.15, 0.2) is 43.0 Å². The van der Waals surface area contributed by atoms with Crippen LogP contribution in [0.2, 0.25) is 0 Å². The van der Waals surface area contributed by atoms with Crippen molar-refractivity contribution in [3.8, 4) is 0 Å². The Morgan fingerprint density at radius 3 is 2.22 bits per heavy atom. The number of alkyl halides is 3. The highest BCUT2D eigenvalue weighted by Crippen LogP contribution is 2.34. The highest BCUT2D eigenvalue weighted by atomic mass is 19.4. The van der Waals surface area contributed by atoms with Crippen LogP contribution in [-0.2, 0) is 6.54 Å². The van der Waals surface area contributed by atoms with Crippen LogP contribution in [0, 0.1) is 5.41 Å². The number of halogens is 3. The third-order valence-corrected chi connectivity index (χ3v) is 2.95. The zero-order valence-electron chi connectivity index (χ0n) is 10.6. The maximum Gasteiger partial charge on any atom is 0.404 e. The molecule has 0 saturated carbocycles. The molecule has 1 N–H and O–H groups in total. The van der Waals surface area contributed by atoms with Gasteiger partial charge in [0, 0.05) is 12.0 Å². The fraction of sp³-hybridized carbons (Fsp3) is 0.429. The summed E-state index contributed by atoms with van der Waals surface area (Å²) in [6.07, 6.45) is -2.96. The van der Waals surface area contributed by atoms with Gasteiger partial charge in [0.25, 0.3) is 0 Å². The van der Waals surface area contributed by atoms with E-state index in [1.165, 1.54) is 19.9 Å². The Morgan fingerprint density at radius 1 is 1.22 bits per heavy atom. The van der Waals surface area contributed by atoms with Crippen LogP contribution in [0.4, 0.5) is 13.2 Å². The van der Waals surface area contributed by atoms with Gasteiger partial charge in [0.2, 0.25) is 0 Å². The van der Waals surface area contributed by atoms with Crippen LogP contribution in [0.3, 0.4) is 0 Å². The standard InChI is InChI=1S/C14H18F3N/c1-4-13(2,3)12(14(15,16)17)18-10-11-8-6-5-7-9-11/h4-9,12,18H,1,10H2,2-3H3. The lowest BCUT2D eigenvalue weighted by Gasteiger charge is -2.34. The summed E-state index contributed by atoms with van der Waals surface area (Å²) < 4.78 is 39.0. The van der Waals surface area contributed by atoms with Gasteiger partial charge < -0.3 is 5.32 Å². The molecular formula is C14H18F3N. The van der Waals surface area contributed by atoms with E-state index in [1.807, 2.05) is 6.07 Å². The van der Waals surface area contributed by atoms with Crippen LogP contribution in [0.25, 0.3) is 0 Å². The maximum atomic E-state index is 13.0. The number of rotatable bonds is 5. The van der Waals surface area contributed by atoms with Crippen molar-refractivity contribution in [3.63, 3.8) is 0 Å². The first-order chi connectivity index (χ1) is 8.27. The minimum Gasteiger partial charge on any atom is -0.301 e. The lowest BCUT2D eigenvalue weighted by atomic mass is 9.84. The summed E-state index contributed by atoms with van der Waals surface area (Å²) >= 11 is 0. The number of hydrogen-bond acceptors (Lipinski definition) is 1. The van der Waals surface area contributed by atoms with E-state index in [4.69, 9.17) is 0 Å². The molecule has 4 heteroatoms. The molecular weight excluding hydrogens is 239 g/mol. The molecule has 0 bridgehead atoms. The van der Waals surface area contributed by atoms with Gasteiger partial charge in [-0.2, -0.15) is 13.2 Å². The summed E-state index contributed by atoms with van der Waals surface area (Å²) in [4.78, 5) is 0. The van der Waals surface area contributed by atoms with E-state index in [0.717, 1.165) is 5.56 Å². The van der Waals surface area contributed by atoms with E-state index >= 15 is 0 Å². The number of nitrogens with one attached hydrogen (secondary N) is 1. The molecule has 0 saturated heterocycles. The van der Waals surface area contributed by atoms with Crippen molar-refractivity contribution in [2.45, 2.75) is 32.6 Å². The van der Waals surface area contributed by atoms with Gasteiger partial charge in [-0.25, -0.2) is 0 Å². The molecule has 0 aliphatic heterocycles. The molecule has 1 rings (SSSR count). The molecule has 100 valence electrons. The van der Waals surface area contributed by atoms with Gasteiger partial charge in [0.05, 0.1) is 0 Å². The molecule has 0 heterocycles. The number of hydrogen-bond donors (Lipinski definition) is 1. The zero-order chi connectivity index (χ0) is 13.8. The van der Waals surface area contributed by atoms with Gasteiger partial charge in [-0.15, -0.1) is 6.58 Å². The quantitative estimate of drug-likeness (QED) is 0.788. The molecule has 18 heavy (non-hydrogen) atoms. The monoisotopic (exact) mass is 257 g/mol. The molecule has 0 aliphatic carbocycles. The van der Waals surface area contributed by atoms with E-state index in [-0.39, 0.29) is 6.54 Å². The van der Waals surface area contributed by atoms with Crippen molar-refractivity contribution in [2.24, 2.45) is 5.41 Å². The second-order valence-corrected chi connectivity index (χ2v) is 4.87. The summed E-state index contributed by atoms with van der Waals surface area (Å²) in [5.41, 5.74) is -0.223. The summed E-state index contributed by atoms with van der Waals surface area (Å²) in [5, 5.41) is 2.57. The van der Waals surface area contributed by atoms with Crippen molar-refractivity contribution in [2.75, 3.05) is 0 Å². The lowest BCUT2D eigenvalue weighted by molar-refractivity contribution is -0.174. The normalized spacial score (nSPS) is 14.3. The molecule has 1 aromatic rings. The molecule has 0 fully saturated rings. The number of benzene rings is 1. The third-order valence-electron chi connectivity index (χ3n) is 2.95. The first kappa shape index (κ1) is 14.8. The third kappa shape index (κ3) is 3.88. The van der Waals surface area contributed by atoms with Crippen molar-refractivity contribution in [1.29, 1.82) is 0 Å². The van der Waals surface area contributed by atoms with Gasteiger partial charge in [0.1, 0.15) is 6.04 Å². The molecule has 1 unspecified atom stereocenters. The highest BCUT2D eigenvalue weighted by Gasteiger charge is 2.47. The van der Waals surface area contributed by atoms with E-state index in [1.54, 1.807) is 24.3 Å². The molecule has 0 amide bonds. The maximum absolute atomic E-state index is 13.0. The van der Waals surface area contributed by atoms with E-state index in [2.05, 4.69) is 11.9 Å². The van der Waals surface area contributed by atoms with Crippen molar-refractivity contribution in [3.05, 3.63) is 48.6 Å². The fourth-order valence-electron chi connectivity index (χ4n) is 1.73. The van der Waals surface area contributed by atoms with Gasteiger partial charge in [-0.05, 0) is 5.56 Å². The Morgan fingerprint density at radius 2 is 1.78 bits per heavy atom. The largest absolute Gasteiger partial charge is 0.404 e. The average Bonchev–Trinajstić information content (AvgIpc) is 2.28. The first-order valence-electron chi connectivity index (χ1n) is 5.75. The Balaban J connectivity index is 2.78. The van der Waals surface area contributed by atoms with Gasteiger partial charge >= 0.3 is 6.18 Å². The minimum absolute atomic E-state index is 0.183. The van der Waals surface area contributed by atoms with Crippen LogP contribution < -0.4 is 5.32 Å². The topological polar surface area (TPSA) is 12.0 Å². The molecule has 0 aliphatic rings. The van der Waals surface area contributed by atoms with Crippen LogP contribution >= 0.6 is 0 Å². The van der Waals surface area contributed by atoms with Crippen LogP contribution in [-0.4, -0.2) is 12.2 Å². The molecule has 0 aromatic heterocycles. The summed E-state index contributed by atoms with van der Waals surface area (Å²) in [5.74, 6) is 0. The summed E-state index contributed by atoms with van der Waals surface area (Å²) in [6, 6.07) is 7.42. The van der Waals surface area contributed by atoms with E-state index < -0.39 is 17.6 Å². The SMILES string of the molecule is C=CC(C)(C)C(NCc1ccccc1)C(F)(F)F. The first-order valence-corrected chi connectivity index (χ1v) is 5.75. The molecule has 0 radical (unpaired) electrons. The van der Waals surface area contributed by atoms with E-state index in [0.29, 0.717) is 0 Å². The summed E-state index contributed by atoms with van der Waals surface area (Å²) in [6.45, 7) is 6.71. The second-order valence-electron chi connectivity index (χ2n) is 4.87. The predicted molar refractivity (Wildman–Crippen MR) is 67.1 cm³/mol. The second kappa shape index (κ2) is 5.57. The summed E-state index contributed by atoms with van der Waals surface area (Å²) in [7, 11) is 0. The smallest absolute Gasteiger partial charge is 0.301 e. The van der Waals surface area contributed by atoms with Gasteiger partial charge in [0.15, 0.2) is 0 Å². The van der Waals surface area contributed by atoms with Crippen molar-refractivity contribution < 1.29 is 13.2 Å². The van der Waals surface area contributed by atoms with Crippen molar-refractivity contribution in [1.82, 2.24) is 5.32 Å². The molecule has 1 nitrogen and oxygen atoms in total. The Kier molecular flexibility index (Phi) is 4.57. The van der Waals surface area contributed by atoms with Crippen LogP contribution in [0.5, 0.6) is 0 Å². The van der Waals surface area contributed by atoms with Gasteiger partial charge in [-0.1, -0.05) is 50.3 Å². The fourth-order valence-corrected chi connectivity index (χ4v) is 1.73. The van der Waals surface area contributed by atoms with Gasteiger partial charge in [-0.3, -0.25) is 0 Å². The molecule has 0 spiro atoms. The molecule has 1 atom stereocenters. The Labute approximate surface area is 106 Å². The van der Waals surface area contributed by atoms with Crippen molar-refractivity contribution >= 4 is 0 Å². The zero-order valence-corrected chi connectivity index (χ0v) is 10.6.